The van der Waals surface area contributed by atoms with Crippen molar-refractivity contribution in [2.75, 3.05) is 13.2 Å². The van der Waals surface area contributed by atoms with Crippen molar-refractivity contribution in [1.29, 1.82) is 0 Å². The maximum Gasteiger partial charge on any atom is 0.307 e. The Hall–Kier alpha value is -0.613. The van der Waals surface area contributed by atoms with E-state index in [-0.39, 0.29) is 16.9 Å². The van der Waals surface area contributed by atoms with Gasteiger partial charge in [0.1, 0.15) is 0 Å². The van der Waals surface area contributed by atoms with E-state index in [2.05, 4.69) is 39.6 Å². The largest absolute Gasteiger partial charge is 0.481 e. The van der Waals surface area contributed by atoms with Crippen molar-refractivity contribution in [3.05, 3.63) is 11.3 Å². The molecule has 0 saturated heterocycles. The second-order valence-corrected chi connectivity index (χ2v) is 12.3. The fourth-order valence-electron chi connectivity index (χ4n) is 2.03. The van der Waals surface area contributed by atoms with Gasteiger partial charge in [-0.3, -0.25) is 4.79 Å². The van der Waals surface area contributed by atoms with E-state index in [0.717, 1.165) is 6.42 Å². The zero-order chi connectivity index (χ0) is 14.8. The summed E-state index contributed by atoms with van der Waals surface area (Å²) >= 11 is 0. The van der Waals surface area contributed by atoms with Crippen LogP contribution in [-0.2, 0) is 9.53 Å². The van der Waals surface area contributed by atoms with Crippen LogP contribution < -0.4 is 0 Å². The summed E-state index contributed by atoms with van der Waals surface area (Å²) in [5.41, 5.74) is 3.61. The average Bonchev–Trinajstić information content (AvgIpc) is 3.02. The smallest absolute Gasteiger partial charge is 0.307 e. The van der Waals surface area contributed by atoms with Crippen molar-refractivity contribution in [3.63, 3.8) is 0 Å². The van der Waals surface area contributed by atoms with Gasteiger partial charge >= 0.3 is 5.97 Å². The first-order chi connectivity index (χ1) is 8.60. The summed E-state index contributed by atoms with van der Waals surface area (Å²) in [5, 5.41) is 9.38. The number of carboxylic acid groups (broad SMARTS) is 1. The Morgan fingerprint density at radius 3 is 2.32 bits per heavy atom. The molecular formula is C15H28O3Si. The maximum atomic E-state index is 11.1. The molecule has 1 saturated carbocycles. The summed E-state index contributed by atoms with van der Waals surface area (Å²) in [6.45, 7) is 14.8. The summed E-state index contributed by atoms with van der Waals surface area (Å²) in [7, 11) is -1.54. The lowest BCUT2D eigenvalue weighted by molar-refractivity contribution is -0.138. The van der Waals surface area contributed by atoms with E-state index in [0.29, 0.717) is 13.2 Å². The van der Waals surface area contributed by atoms with Gasteiger partial charge in [-0.1, -0.05) is 39.6 Å². The van der Waals surface area contributed by atoms with E-state index < -0.39 is 14.0 Å². The molecule has 1 N–H and O–H groups in total. The maximum absolute atomic E-state index is 11.1. The molecule has 4 heteroatoms. The number of aliphatic carboxylic acids is 1. The van der Waals surface area contributed by atoms with Crippen LogP contribution in [-0.4, -0.2) is 32.4 Å². The summed E-state index contributed by atoms with van der Waals surface area (Å²) in [4.78, 5) is 11.1. The number of hydrogen-bond acceptors (Lipinski definition) is 2. The zero-order valence-electron chi connectivity index (χ0n) is 13.1. The molecule has 1 aliphatic carbocycles. The Bertz CT molecular complexity index is 366. The molecule has 0 spiro atoms. The van der Waals surface area contributed by atoms with Gasteiger partial charge in [-0.25, -0.2) is 0 Å². The molecule has 110 valence electrons. The van der Waals surface area contributed by atoms with Crippen LogP contribution in [0.5, 0.6) is 0 Å². The van der Waals surface area contributed by atoms with Crippen LogP contribution in [0.15, 0.2) is 11.3 Å². The molecule has 0 amide bonds. The highest BCUT2D eigenvalue weighted by atomic mass is 28.3. The summed E-state index contributed by atoms with van der Waals surface area (Å²) < 4.78 is 5.54. The van der Waals surface area contributed by atoms with Crippen LogP contribution in [0.25, 0.3) is 0 Å². The van der Waals surface area contributed by atoms with Crippen LogP contribution in [0.2, 0.25) is 18.1 Å². The summed E-state index contributed by atoms with van der Waals surface area (Å²) in [6.07, 6.45) is 0.781. The van der Waals surface area contributed by atoms with Crippen LogP contribution in [0, 0.1) is 11.8 Å². The van der Waals surface area contributed by atoms with Crippen LogP contribution in [0.4, 0.5) is 0 Å². The zero-order valence-corrected chi connectivity index (χ0v) is 14.1. The second kappa shape index (κ2) is 5.79. The lowest BCUT2D eigenvalue weighted by atomic mass is 10.2. The Morgan fingerprint density at radius 2 is 1.95 bits per heavy atom. The highest BCUT2D eigenvalue weighted by Crippen LogP contribution is 2.46. The van der Waals surface area contributed by atoms with Crippen molar-refractivity contribution in [2.24, 2.45) is 11.8 Å². The Kier molecular flexibility index (Phi) is 5.01. The molecule has 0 aromatic carbocycles. The van der Waals surface area contributed by atoms with E-state index in [1.807, 2.05) is 6.92 Å². The minimum absolute atomic E-state index is 0.184. The predicted molar refractivity (Wildman–Crippen MR) is 81.0 cm³/mol. The Labute approximate surface area is 118 Å². The molecule has 1 rings (SSSR count). The minimum Gasteiger partial charge on any atom is -0.481 e. The van der Waals surface area contributed by atoms with Crippen molar-refractivity contribution >= 4 is 14.0 Å². The van der Waals surface area contributed by atoms with Gasteiger partial charge in [-0.15, -0.1) is 0 Å². The molecule has 0 radical (unpaired) electrons. The summed E-state index contributed by atoms with van der Waals surface area (Å²) in [6, 6.07) is 0. The third kappa shape index (κ3) is 4.18. The standard InChI is InChI=1S/C15H28O3Si/c1-7-18-9-11(12-8-13(12)14(16)17)10-19(5,6)15(2,3)4/h10,12-13H,7-9H2,1-6H3,(H,16,17)/b11-10-/t12-,13+/m0/s1. The summed E-state index contributed by atoms with van der Waals surface area (Å²) in [5.74, 6) is -0.641. The first kappa shape index (κ1) is 16.4. The molecule has 0 bridgehead atoms. The highest BCUT2D eigenvalue weighted by Gasteiger charge is 2.46. The molecule has 1 aliphatic rings. The van der Waals surface area contributed by atoms with Gasteiger partial charge < -0.3 is 9.84 Å². The lowest BCUT2D eigenvalue weighted by Crippen LogP contribution is -2.36. The third-order valence-electron chi connectivity index (χ3n) is 4.54. The number of carbonyl (C=O) groups is 1. The molecule has 0 aliphatic heterocycles. The van der Waals surface area contributed by atoms with Crippen LogP contribution in [0.1, 0.15) is 34.1 Å². The molecule has 19 heavy (non-hydrogen) atoms. The normalized spacial score (nSPS) is 24.4. The van der Waals surface area contributed by atoms with Crippen molar-refractivity contribution in [3.8, 4) is 0 Å². The highest BCUT2D eigenvalue weighted by molar-refractivity contribution is 6.84. The molecule has 0 heterocycles. The molecule has 0 aromatic heterocycles. The second-order valence-electron chi connectivity index (χ2n) is 7.12. The van der Waals surface area contributed by atoms with Gasteiger partial charge in [-0.2, -0.15) is 0 Å². The number of ether oxygens (including phenoxy) is 1. The fourth-order valence-corrected chi connectivity index (χ4v) is 3.69. The van der Waals surface area contributed by atoms with Gasteiger partial charge in [0, 0.05) is 6.61 Å². The van der Waals surface area contributed by atoms with Gasteiger partial charge in [0.05, 0.1) is 20.6 Å². The van der Waals surface area contributed by atoms with E-state index in [1.54, 1.807) is 0 Å². The molecule has 2 atom stereocenters. The van der Waals surface area contributed by atoms with Gasteiger partial charge in [-0.05, 0) is 29.9 Å². The van der Waals surface area contributed by atoms with E-state index >= 15 is 0 Å². The predicted octanol–water partition coefficient (Wildman–Crippen LogP) is 3.72. The third-order valence-corrected chi connectivity index (χ3v) is 9.49. The van der Waals surface area contributed by atoms with Gasteiger partial charge in [0.25, 0.3) is 0 Å². The van der Waals surface area contributed by atoms with Crippen LogP contribution >= 0.6 is 0 Å². The van der Waals surface area contributed by atoms with E-state index in [1.165, 1.54) is 5.57 Å². The van der Waals surface area contributed by atoms with Gasteiger partial charge in [0.15, 0.2) is 0 Å². The number of rotatable bonds is 6. The quantitative estimate of drug-likeness (QED) is 0.756. The van der Waals surface area contributed by atoms with Gasteiger partial charge in [0.2, 0.25) is 0 Å². The Morgan fingerprint density at radius 1 is 1.37 bits per heavy atom. The number of carboxylic acids is 1. The topological polar surface area (TPSA) is 46.5 Å². The van der Waals surface area contributed by atoms with Crippen LogP contribution in [0.3, 0.4) is 0 Å². The van der Waals surface area contributed by atoms with Crippen molar-refractivity contribution in [1.82, 2.24) is 0 Å². The minimum atomic E-state index is -1.54. The number of hydrogen-bond donors (Lipinski definition) is 1. The fraction of sp³-hybridized carbons (Fsp3) is 0.800. The van der Waals surface area contributed by atoms with Crippen molar-refractivity contribution < 1.29 is 14.6 Å². The first-order valence-electron chi connectivity index (χ1n) is 7.12. The lowest BCUT2D eigenvalue weighted by Gasteiger charge is -2.35. The molecule has 0 aromatic rings. The monoisotopic (exact) mass is 284 g/mol. The SMILES string of the molecule is CCOC/C(=C/[Si](C)(C)C(C)(C)C)[C@@H]1C[C@H]1C(=O)O. The van der Waals surface area contributed by atoms with E-state index in [4.69, 9.17) is 9.84 Å². The first-order valence-corrected chi connectivity index (χ1v) is 10.2. The molecular weight excluding hydrogens is 256 g/mol. The molecule has 0 unspecified atom stereocenters. The molecule has 1 fully saturated rings. The molecule has 3 nitrogen and oxygen atoms in total. The van der Waals surface area contributed by atoms with E-state index in [9.17, 15) is 4.79 Å². The van der Waals surface area contributed by atoms with Crippen molar-refractivity contribution in [2.45, 2.75) is 52.2 Å². The Balaban J connectivity index is 2.89. The average molecular weight is 284 g/mol.